The van der Waals surface area contributed by atoms with E-state index in [1.54, 1.807) is 0 Å². The summed E-state index contributed by atoms with van der Waals surface area (Å²) in [5, 5.41) is 24.0. The Labute approximate surface area is 454 Å². The minimum atomic E-state index is -0.0934. The number of hydrogen-bond acceptors (Lipinski definition) is 6. The van der Waals surface area contributed by atoms with Gasteiger partial charge >= 0.3 is 0 Å². The van der Waals surface area contributed by atoms with E-state index in [0.717, 1.165) is 101 Å². The Balaban J connectivity index is 0.917. The highest BCUT2D eigenvalue weighted by Crippen LogP contribution is 2.52. The largest absolute Gasteiger partial charge is 0.506 e. The maximum atomic E-state index is 12.0. The van der Waals surface area contributed by atoms with Crippen molar-refractivity contribution < 1.29 is 10.2 Å². The van der Waals surface area contributed by atoms with Crippen LogP contribution < -0.4 is 19.6 Å². The van der Waals surface area contributed by atoms with Gasteiger partial charge in [0.2, 0.25) is 0 Å². The van der Waals surface area contributed by atoms with Gasteiger partial charge in [-0.3, -0.25) is 0 Å². The molecule has 10 aromatic carbocycles. The van der Waals surface area contributed by atoms with Crippen LogP contribution in [0.5, 0.6) is 11.5 Å². The molecule has 2 aliphatic heterocycles. The van der Waals surface area contributed by atoms with Crippen LogP contribution in [0.1, 0.15) is 52.7 Å². The third-order valence-electron chi connectivity index (χ3n) is 15.4. The summed E-state index contributed by atoms with van der Waals surface area (Å²) in [4.78, 5) is 9.26. The van der Waals surface area contributed by atoms with Crippen molar-refractivity contribution in [2.45, 2.75) is 52.4 Å². The Hall–Kier alpha value is -9.00. The Morgan fingerprint density at radius 3 is 0.896 bits per heavy atom. The summed E-state index contributed by atoms with van der Waals surface area (Å²) in [5.74, 6) is 0.428. The smallest absolute Gasteiger partial charge is 0.139 e. The number of fused-ring (bicyclic) bond motifs is 2. The Kier molecular flexibility index (Phi) is 12.5. The van der Waals surface area contributed by atoms with E-state index < -0.39 is 0 Å². The molecule has 2 N–H and O–H groups in total. The summed E-state index contributed by atoms with van der Waals surface area (Å²) < 4.78 is 0. The first-order valence-electron chi connectivity index (χ1n) is 26.8. The first kappa shape index (κ1) is 48.9. The van der Waals surface area contributed by atoms with Crippen molar-refractivity contribution in [2.75, 3.05) is 39.6 Å². The minimum absolute atomic E-state index is 0.0934. The van der Waals surface area contributed by atoms with E-state index in [4.69, 9.17) is 0 Å². The Morgan fingerprint density at radius 2 is 0.597 bits per heavy atom. The maximum absolute atomic E-state index is 12.0. The summed E-state index contributed by atoms with van der Waals surface area (Å²) in [6.45, 7) is 15.2. The highest BCUT2D eigenvalue weighted by molar-refractivity contribution is 5.99. The first-order valence-corrected chi connectivity index (χ1v) is 26.8. The van der Waals surface area contributed by atoms with Gasteiger partial charge in [0.05, 0.1) is 54.1 Å². The van der Waals surface area contributed by atoms with Crippen molar-refractivity contribution in [3.05, 3.63) is 242 Å². The maximum Gasteiger partial charge on any atom is 0.139 e. The number of anilines is 6. The molecule has 0 atom stereocenters. The van der Waals surface area contributed by atoms with Gasteiger partial charge in [-0.2, -0.15) is 0 Å². The minimum Gasteiger partial charge on any atom is -0.506 e. The van der Waals surface area contributed by atoms with Gasteiger partial charge in [-0.05, 0) is 162 Å². The molecule has 0 aromatic heterocycles. The second-order valence-electron chi connectivity index (χ2n) is 22.6. The number of hydrogen-bond donors (Lipinski definition) is 2. The summed E-state index contributed by atoms with van der Waals surface area (Å²) in [6, 6.07) is 81.3. The van der Waals surface area contributed by atoms with Crippen molar-refractivity contribution in [3.8, 4) is 78.3 Å². The molecule has 6 heteroatoms. The highest BCUT2D eigenvalue weighted by atomic mass is 16.3. The van der Waals surface area contributed by atoms with E-state index in [2.05, 4.69) is 280 Å². The molecule has 0 bridgehead atoms. The molecule has 0 spiro atoms. The third-order valence-corrected chi connectivity index (χ3v) is 15.4. The normalized spacial score (nSPS) is 13.3. The second kappa shape index (κ2) is 19.6. The van der Waals surface area contributed by atoms with Crippen LogP contribution in [-0.2, 0) is 10.8 Å². The van der Waals surface area contributed by atoms with Crippen molar-refractivity contribution in [1.82, 2.24) is 0 Å². The van der Waals surface area contributed by atoms with Crippen molar-refractivity contribution >= 4 is 34.1 Å². The molecule has 0 amide bonds. The molecule has 12 rings (SSSR count). The zero-order chi connectivity index (χ0) is 53.0. The van der Waals surface area contributed by atoms with Gasteiger partial charge < -0.3 is 29.8 Å². The van der Waals surface area contributed by atoms with Gasteiger partial charge in [0.1, 0.15) is 11.5 Å². The predicted octanol–water partition coefficient (Wildman–Crippen LogP) is 18.2. The number of aromatic hydroxyl groups is 2. The lowest BCUT2D eigenvalue weighted by atomic mass is 9.79. The molecule has 0 unspecified atom stereocenters. The van der Waals surface area contributed by atoms with Crippen LogP contribution in [0.15, 0.2) is 231 Å². The zero-order valence-electron chi connectivity index (χ0n) is 44.7. The fourth-order valence-electron chi connectivity index (χ4n) is 11.4. The van der Waals surface area contributed by atoms with Gasteiger partial charge in [-0.25, -0.2) is 0 Å². The molecule has 0 saturated heterocycles. The van der Waals surface area contributed by atoms with Gasteiger partial charge in [-0.1, -0.05) is 199 Å². The second-order valence-corrected chi connectivity index (χ2v) is 22.6. The standard InChI is InChI=1S/C71H64N4O2/c1-70(2,3)54-41-56(48-23-11-7-12-24-48)68(57(42-54)49-25-13-8-14-26-49)52-35-37-66(76)64(39-52)74-46-72(60-31-19-21-33-62(60)74)45-73-47-75(63-34-22-20-32-61(63)73)65-40-53(36-38-67(65)77)69-58(50-27-15-9-16-28-50)43-55(71(4,5)6)44-59(69)51-29-17-10-18-30-51/h7-44,76-77H,45-47H2,1-6H3. The number of phenols is 2. The molecule has 380 valence electrons. The van der Waals surface area contributed by atoms with E-state index in [0.29, 0.717) is 20.0 Å². The number of nitrogens with zero attached hydrogens (tertiary/aromatic N) is 4. The van der Waals surface area contributed by atoms with Crippen molar-refractivity contribution in [3.63, 3.8) is 0 Å². The Morgan fingerprint density at radius 1 is 0.312 bits per heavy atom. The van der Waals surface area contributed by atoms with Gasteiger partial charge in [0.15, 0.2) is 0 Å². The highest BCUT2D eigenvalue weighted by Gasteiger charge is 2.35. The summed E-state index contributed by atoms with van der Waals surface area (Å²) in [6.07, 6.45) is 0. The first-order chi connectivity index (χ1) is 37.3. The van der Waals surface area contributed by atoms with Gasteiger partial charge in [0, 0.05) is 0 Å². The molecule has 0 radical (unpaired) electrons. The van der Waals surface area contributed by atoms with Crippen LogP contribution in [0, 0.1) is 0 Å². The fraction of sp³-hybridized carbons (Fsp3) is 0.155. The van der Waals surface area contributed by atoms with Crippen LogP contribution in [0.3, 0.4) is 0 Å². The van der Waals surface area contributed by atoms with Crippen LogP contribution in [0.2, 0.25) is 0 Å². The quantitative estimate of drug-likeness (QED) is 0.142. The van der Waals surface area contributed by atoms with Crippen LogP contribution in [0.4, 0.5) is 34.1 Å². The van der Waals surface area contributed by atoms with E-state index in [1.807, 2.05) is 12.1 Å². The number of phenolic OH excluding ortho intramolecular Hbond substituents is 2. The van der Waals surface area contributed by atoms with Crippen LogP contribution in [0.25, 0.3) is 66.8 Å². The van der Waals surface area contributed by atoms with E-state index in [9.17, 15) is 10.2 Å². The van der Waals surface area contributed by atoms with E-state index in [-0.39, 0.29) is 22.3 Å². The summed E-state index contributed by atoms with van der Waals surface area (Å²) in [5.41, 5.74) is 21.4. The van der Waals surface area contributed by atoms with Gasteiger partial charge in [0.25, 0.3) is 0 Å². The molecule has 10 aromatic rings. The molecule has 0 saturated carbocycles. The summed E-state index contributed by atoms with van der Waals surface area (Å²) in [7, 11) is 0. The average molecular weight is 1010 g/mol. The van der Waals surface area contributed by atoms with Crippen molar-refractivity contribution in [1.29, 1.82) is 0 Å². The SMILES string of the molecule is CC(C)(C)c1cc(-c2ccccc2)c(-c2ccc(O)c(N3CN(CN4CN(c5cc(-c6c(-c7ccccc7)cc(C(C)(C)C)cc6-c6ccccc6)ccc5O)c5ccccc54)c4ccccc43)c2)c(-c2ccccc2)c1. The topological polar surface area (TPSA) is 53.4 Å². The lowest BCUT2D eigenvalue weighted by Crippen LogP contribution is -2.40. The molecule has 77 heavy (non-hydrogen) atoms. The molecule has 6 nitrogen and oxygen atoms in total. The molecule has 2 heterocycles. The lowest BCUT2D eigenvalue weighted by molar-refractivity contribution is 0.475. The molecule has 0 fully saturated rings. The monoisotopic (exact) mass is 1000 g/mol. The number of para-hydroxylation sites is 4. The van der Waals surface area contributed by atoms with Gasteiger partial charge in [-0.15, -0.1) is 0 Å². The molecular weight excluding hydrogens is 941 g/mol. The zero-order valence-corrected chi connectivity index (χ0v) is 44.7. The fourth-order valence-corrected chi connectivity index (χ4v) is 11.4. The van der Waals surface area contributed by atoms with Crippen LogP contribution in [-0.4, -0.2) is 30.2 Å². The third kappa shape index (κ3) is 9.24. The van der Waals surface area contributed by atoms with Crippen LogP contribution >= 0.6 is 0 Å². The van der Waals surface area contributed by atoms with E-state index >= 15 is 0 Å². The average Bonchev–Trinajstić information content (AvgIpc) is 4.08. The molecular formula is C71H64N4O2. The Bertz CT molecular complexity index is 3420. The number of rotatable bonds is 10. The lowest BCUT2D eigenvalue weighted by Gasteiger charge is -2.29. The molecule has 2 aliphatic rings. The van der Waals surface area contributed by atoms with Crippen molar-refractivity contribution in [2.24, 2.45) is 0 Å². The number of benzene rings is 10. The van der Waals surface area contributed by atoms with E-state index in [1.165, 1.54) is 11.1 Å². The summed E-state index contributed by atoms with van der Waals surface area (Å²) >= 11 is 0. The molecule has 0 aliphatic carbocycles. The predicted molar refractivity (Wildman–Crippen MR) is 323 cm³/mol.